The summed E-state index contributed by atoms with van der Waals surface area (Å²) >= 11 is 1.77. The highest BCUT2D eigenvalue weighted by molar-refractivity contribution is 14.0. The third kappa shape index (κ3) is 6.80. The maximum absolute atomic E-state index is 5.73. The lowest BCUT2D eigenvalue weighted by molar-refractivity contribution is 0.0263. The van der Waals surface area contributed by atoms with Gasteiger partial charge in [0.25, 0.3) is 0 Å². The van der Waals surface area contributed by atoms with Crippen molar-refractivity contribution >= 4 is 41.7 Å². The molecule has 1 saturated heterocycles. The standard InChI is InChI=1S/C18H29N3OS.HI/c1-4-19-18(21-12-10-16(11-13-21)22-5-2)20-14-15-6-8-17(23-3)9-7-15;/h6-9,16H,4-5,10-14H2,1-3H3,(H,19,20);1H. The molecule has 0 atom stereocenters. The van der Waals surface area contributed by atoms with Gasteiger partial charge in [-0.1, -0.05) is 12.1 Å². The van der Waals surface area contributed by atoms with Crippen LogP contribution in [0.15, 0.2) is 34.2 Å². The lowest BCUT2D eigenvalue weighted by Crippen LogP contribution is -2.47. The van der Waals surface area contributed by atoms with Crippen LogP contribution in [0.1, 0.15) is 32.3 Å². The second kappa shape index (κ2) is 12.0. The molecule has 6 heteroatoms. The van der Waals surface area contributed by atoms with Gasteiger partial charge in [0.2, 0.25) is 0 Å². The van der Waals surface area contributed by atoms with Gasteiger partial charge in [-0.3, -0.25) is 0 Å². The number of nitrogens with zero attached hydrogens (tertiary/aromatic N) is 2. The first-order valence-corrected chi connectivity index (χ1v) is 9.77. The second-order valence-electron chi connectivity index (χ2n) is 5.66. The van der Waals surface area contributed by atoms with E-state index in [2.05, 4.69) is 54.6 Å². The van der Waals surface area contributed by atoms with Crippen molar-refractivity contribution in [1.29, 1.82) is 0 Å². The number of ether oxygens (including phenoxy) is 1. The first-order valence-electron chi connectivity index (χ1n) is 8.54. The van der Waals surface area contributed by atoms with E-state index in [4.69, 9.17) is 9.73 Å². The molecule has 136 valence electrons. The van der Waals surface area contributed by atoms with Crippen LogP contribution in [0.25, 0.3) is 0 Å². The van der Waals surface area contributed by atoms with Crippen LogP contribution >= 0.6 is 35.7 Å². The minimum Gasteiger partial charge on any atom is -0.378 e. The molecule has 1 heterocycles. The van der Waals surface area contributed by atoms with Crippen molar-refractivity contribution in [1.82, 2.24) is 10.2 Å². The quantitative estimate of drug-likeness (QED) is 0.300. The van der Waals surface area contributed by atoms with Crippen LogP contribution in [0.2, 0.25) is 0 Å². The fraction of sp³-hybridized carbons (Fsp3) is 0.611. The number of thioether (sulfide) groups is 1. The zero-order valence-corrected chi connectivity index (χ0v) is 18.1. The van der Waals surface area contributed by atoms with Crippen LogP contribution in [-0.2, 0) is 11.3 Å². The number of guanidine groups is 1. The summed E-state index contributed by atoms with van der Waals surface area (Å²) in [5, 5.41) is 3.42. The maximum atomic E-state index is 5.73. The van der Waals surface area contributed by atoms with Crippen molar-refractivity contribution in [3.63, 3.8) is 0 Å². The van der Waals surface area contributed by atoms with Gasteiger partial charge in [-0.15, -0.1) is 35.7 Å². The predicted octanol–water partition coefficient (Wildman–Crippen LogP) is 3.99. The first-order chi connectivity index (χ1) is 11.3. The molecule has 1 aliphatic heterocycles. The van der Waals surface area contributed by atoms with E-state index in [0.717, 1.165) is 51.6 Å². The van der Waals surface area contributed by atoms with Crippen molar-refractivity contribution in [2.24, 2.45) is 4.99 Å². The van der Waals surface area contributed by atoms with Crippen molar-refractivity contribution in [3.8, 4) is 0 Å². The normalized spacial score (nSPS) is 16.0. The number of piperidine rings is 1. The van der Waals surface area contributed by atoms with E-state index < -0.39 is 0 Å². The Morgan fingerprint density at radius 1 is 1.25 bits per heavy atom. The summed E-state index contributed by atoms with van der Waals surface area (Å²) in [6.07, 6.45) is 4.68. The topological polar surface area (TPSA) is 36.9 Å². The number of nitrogens with one attached hydrogen (secondary N) is 1. The Balaban J connectivity index is 0.00000288. The minimum atomic E-state index is 0. The summed E-state index contributed by atoms with van der Waals surface area (Å²) in [6.45, 7) is 8.66. The summed E-state index contributed by atoms with van der Waals surface area (Å²) in [5.41, 5.74) is 1.25. The molecule has 1 aliphatic rings. The summed E-state index contributed by atoms with van der Waals surface area (Å²) in [5.74, 6) is 1.02. The molecule has 0 radical (unpaired) electrons. The lowest BCUT2D eigenvalue weighted by atomic mass is 10.1. The van der Waals surface area contributed by atoms with Crippen molar-refractivity contribution < 1.29 is 4.74 Å². The molecular weight excluding hydrogens is 433 g/mol. The van der Waals surface area contributed by atoms with Gasteiger partial charge in [0.1, 0.15) is 0 Å². The van der Waals surface area contributed by atoms with E-state index >= 15 is 0 Å². The van der Waals surface area contributed by atoms with Crippen molar-refractivity contribution in [2.45, 2.75) is 44.2 Å². The molecule has 1 aromatic rings. The third-order valence-electron chi connectivity index (χ3n) is 4.05. The Morgan fingerprint density at radius 2 is 1.92 bits per heavy atom. The van der Waals surface area contributed by atoms with E-state index in [1.807, 2.05) is 0 Å². The number of halogens is 1. The van der Waals surface area contributed by atoms with Crippen LogP contribution in [-0.4, -0.2) is 49.5 Å². The summed E-state index contributed by atoms with van der Waals surface area (Å²) in [7, 11) is 0. The average Bonchev–Trinajstić information content (AvgIpc) is 2.60. The average molecular weight is 463 g/mol. The van der Waals surface area contributed by atoms with Crippen LogP contribution < -0.4 is 5.32 Å². The molecule has 0 saturated carbocycles. The molecular formula is C18H30IN3OS. The highest BCUT2D eigenvalue weighted by Crippen LogP contribution is 2.16. The van der Waals surface area contributed by atoms with E-state index in [1.54, 1.807) is 11.8 Å². The van der Waals surface area contributed by atoms with Gasteiger partial charge in [-0.2, -0.15) is 0 Å². The number of hydrogen-bond donors (Lipinski definition) is 1. The van der Waals surface area contributed by atoms with Gasteiger partial charge in [0, 0.05) is 31.1 Å². The van der Waals surface area contributed by atoms with E-state index in [1.165, 1.54) is 10.5 Å². The maximum Gasteiger partial charge on any atom is 0.194 e. The summed E-state index contributed by atoms with van der Waals surface area (Å²) in [4.78, 5) is 8.47. The van der Waals surface area contributed by atoms with Crippen LogP contribution in [0, 0.1) is 0 Å². The zero-order chi connectivity index (χ0) is 16.5. The molecule has 0 aromatic heterocycles. The SMILES string of the molecule is CCNC(=NCc1ccc(SC)cc1)N1CCC(OCC)CC1.I. The zero-order valence-electron chi connectivity index (χ0n) is 15.0. The molecule has 24 heavy (non-hydrogen) atoms. The van der Waals surface area contributed by atoms with Gasteiger partial charge < -0.3 is 15.0 Å². The van der Waals surface area contributed by atoms with Crippen molar-refractivity contribution in [3.05, 3.63) is 29.8 Å². The molecule has 1 aromatic carbocycles. The molecule has 0 aliphatic carbocycles. The van der Waals surface area contributed by atoms with Gasteiger partial charge in [0.05, 0.1) is 12.6 Å². The number of aliphatic imine (C=N–C) groups is 1. The molecule has 0 spiro atoms. The number of benzene rings is 1. The fourth-order valence-electron chi connectivity index (χ4n) is 2.79. The Hall–Kier alpha value is -0.470. The summed E-state index contributed by atoms with van der Waals surface area (Å²) < 4.78 is 5.73. The minimum absolute atomic E-state index is 0. The predicted molar refractivity (Wildman–Crippen MR) is 115 cm³/mol. The number of rotatable bonds is 6. The van der Waals surface area contributed by atoms with Crippen LogP contribution in [0.3, 0.4) is 0 Å². The molecule has 2 rings (SSSR count). The monoisotopic (exact) mass is 463 g/mol. The Morgan fingerprint density at radius 3 is 2.46 bits per heavy atom. The molecule has 0 unspecified atom stereocenters. The second-order valence-corrected chi connectivity index (χ2v) is 6.54. The van der Waals surface area contributed by atoms with Gasteiger partial charge in [0.15, 0.2) is 5.96 Å². The Kier molecular flexibility index (Phi) is 10.8. The summed E-state index contributed by atoms with van der Waals surface area (Å²) in [6, 6.07) is 8.66. The number of likely N-dealkylation sites (tertiary alicyclic amines) is 1. The van der Waals surface area contributed by atoms with Gasteiger partial charge in [-0.05, 0) is 50.6 Å². The first kappa shape index (κ1) is 21.6. The van der Waals surface area contributed by atoms with Crippen LogP contribution in [0.4, 0.5) is 0 Å². The smallest absolute Gasteiger partial charge is 0.194 e. The largest absolute Gasteiger partial charge is 0.378 e. The molecule has 0 amide bonds. The fourth-order valence-corrected chi connectivity index (χ4v) is 3.20. The van der Waals surface area contributed by atoms with E-state index in [-0.39, 0.29) is 24.0 Å². The van der Waals surface area contributed by atoms with E-state index in [0.29, 0.717) is 6.10 Å². The number of hydrogen-bond acceptors (Lipinski definition) is 3. The highest BCUT2D eigenvalue weighted by Gasteiger charge is 2.21. The highest BCUT2D eigenvalue weighted by atomic mass is 127. The Bertz CT molecular complexity index is 488. The van der Waals surface area contributed by atoms with Gasteiger partial charge in [-0.25, -0.2) is 4.99 Å². The molecule has 1 fully saturated rings. The van der Waals surface area contributed by atoms with E-state index in [9.17, 15) is 0 Å². The van der Waals surface area contributed by atoms with Gasteiger partial charge >= 0.3 is 0 Å². The molecule has 1 N–H and O–H groups in total. The third-order valence-corrected chi connectivity index (χ3v) is 4.79. The lowest BCUT2D eigenvalue weighted by Gasteiger charge is -2.34. The Labute approximate surface area is 167 Å². The van der Waals surface area contributed by atoms with Crippen LogP contribution in [0.5, 0.6) is 0 Å². The molecule has 4 nitrogen and oxygen atoms in total. The molecule has 0 bridgehead atoms. The van der Waals surface area contributed by atoms with Crippen molar-refractivity contribution in [2.75, 3.05) is 32.5 Å².